The Morgan fingerprint density at radius 3 is 2.31 bits per heavy atom. The molecule has 0 saturated heterocycles. The lowest BCUT2D eigenvalue weighted by Crippen LogP contribution is -2.23. The summed E-state index contributed by atoms with van der Waals surface area (Å²) in [4.78, 5) is 10.8. The predicted molar refractivity (Wildman–Crippen MR) is 61.4 cm³/mol. The van der Waals surface area contributed by atoms with Gasteiger partial charge in [-0.3, -0.25) is 4.79 Å². The van der Waals surface area contributed by atoms with Gasteiger partial charge in [0, 0.05) is 40.6 Å². The summed E-state index contributed by atoms with van der Waals surface area (Å²) in [5.74, 6) is -0.0968. The Bertz CT molecular complexity index is 164. The van der Waals surface area contributed by atoms with Gasteiger partial charge in [0.25, 0.3) is 0 Å². The monoisotopic (exact) mass is 233 g/mol. The van der Waals surface area contributed by atoms with E-state index in [1.807, 2.05) is 0 Å². The Kier molecular flexibility index (Phi) is 11.9. The van der Waals surface area contributed by atoms with Crippen LogP contribution in [0.2, 0.25) is 0 Å². The molecule has 0 aromatic carbocycles. The second kappa shape index (κ2) is 12.4. The fourth-order valence-corrected chi connectivity index (χ4v) is 1.05. The van der Waals surface area contributed by atoms with Gasteiger partial charge in [-0.2, -0.15) is 0 Å². The second-order valence-corrected chi connectivity index (χ2v) is 3.39. The molecule has 16 heavy (non-hydrogen) atoms. The third-order valence-corrected chi connectivity index (χ3v) is 1.98. The van der Waals surface area contributed by atoms with Crippen LogP contribution in [0.15, 0.2) is 0 Å². The van der Waals surface area contributed by atoms with E-state index in [1.165, 1.54) is 0 Å². The summed E-state index contributed by atoms with van der Waals surface area (Å²) in [6.07, 6.45) is 2.87. The third kappa shape index (κ3) is 11.4. The first-order valence-electron chi connectivity index (χ1n) is 5.66. The first-order chi connectivity index (χ1) is 7.81. The number of rotatable bonds is 11. The summed E-state index contributed by atoms with van der Waals surface area (Å²) in [5, 5.41) is 2.49. The maximum Gasteiger partial charge on any atom is 0.245 e. The molecule has 0 aromatic rings. The molecule has 0 spiro atoms. The van der Waals surface area contributed by atoms with E-state index in [4.69, 9.17) is 14.2 Å². The van der Waals surface area contributed by atoms with E-state index in [0.717, 1.165) is 32.5 Å². The number of unbranched alkanes of at least 4 members (excludes halogenated alkanes) is 1. The summed E-state index contributed by atoms with van der Waals surface area (Å²) in [7, 11) is 3.29. The molecule has 0 aromatic heterocycles. The van der Waals surface area contributed by atoms with Crippen molar-refractivity contribution in [2.24, 2.45) is 0 Å². The molecule has 96 valence electrons. The van der Waals surface area contributed by atoms with Crippen molar-refractivity contribution in [3.05, 3.63) is 0 Å². The molecule has 0 atom stereocenters. The van der Waals surface area contributed by atoms with E-state index in [2.05, 4.69) is 5.32 Å². The van der Waals surface area contributed by atoms with E-state index >= 15 is 0 Å². The first kappa shape index (κ1) is 15.3. The number of hydrogen-bond acceptors (Lipinski definition) is 4. The molecule has 1 N–H and O–H groups in total. The highest BCUT2D eigenvalue weighted by atomic mass is 16.5. The number of methoxy groups -OCH3 is 1. The topological polar surface area (TPSA) is 56.8 Å². The zero-order valence-electron chi connectivity index (χ0n) is 10.3. The Labute approximate surface area is 97.4 Å². The maximum atomic E-state index is 10.8. The second-order valence-electron chi connectivity index (χ2n) is 3.39. The van der Waals surface area contributed by atoms with Gasteiger partial charge in [0.2, 0.25) is 5.91 Å². The van der Waals surface area contributed by atoms with Crippen LogP contribution in [0, 0.1) is 0 Å². The van der Waals surface area contributed by atoms with Gasteiger partial charge in [0.1, 0.15) is 6.61 Å². The smallest absolute Gasteiger partial charge is 0.245 e. The van der Waals surface area contributed by atoms with Crippen molar-refractivity contribution < 1.29 is 19.0 Å². The van der Waals surface area contributed by atoms with Gasteiger partial charge in [-0.1, -0.05) is 0 Å². The normalized spacial score (nSPS) is 10.4. The minimum atomic E-state index is -0.0968. The number of amides is 1. The molecule has 0 unspecified atom stereocenters. The van der Waals surface area contributed by atoms with E-state index < -0.39 is 0 Å². The lowest BCUT2D eigenvalue weighted by Gasteiger charge is -2.05. The molecule has 1 amide bonds. The Balaban J connectivity index is 2.96. The van der Waals surface area contributed by atoms with Crippen molar-refractivity contribution in [3.63, 3.8) is 0 Å². The quantitative estimate of drug-likeness (QED) is 0.530. The predicted octanol–water partition coefficient (Wildman–Crippen LogP) is 0.582. The van der Waals surface area contributed by atoms with Gasteiger partial charge in [-0.05, 0) is 19.3 Å². The number of ether oxygens (including phenoxy) is 3. The average Bonchev–Trinajstić information content (AvgIpc) is 2.31. The molecule has 0 aliphatic heterocycles. The van der Waals surface area contributed by atoms with Crippen molar-refractivity contribution in [2.45, 2.75) is 19.3 Å². The zero-order chi connectivity index (χ0) is 12.1. The summed E-state index contributed by atoms with van der Waals surface area (Å²) in [6.45, 7) is 2.92. The molecule has 0 heterocycles. The molecular formula is C11H23NO4. The van der Waals surface area contributed by atoms with Crippen molar-refractivity contribution in [3.8, 4) is 0 Å². The first-order valence-corrected chi connectivity index (χ1v) is 5.66. The molecule has 0 bridgehead atoms. The minimum absolute atomic E-state index is 0.0968. The molecule has 0 rings (SSSR count). The van der Waals surface area contributed by atoms with Crippen molar-refractivity contribution in [2.75, 3.05) is 47.2 Å². The minimum Gasteiger partial charge on any atom is -0.385 e. The van der Waals surface area contributed by atoms with Crippen LogP contribution < -0.4 is 5.32 Å². The summed E-state index contributed by atoms with van der Waals surface area (Å²) < 4.78 is 15.4. The number of carbonyl (C=O) groups is 1. The molecular weight excluding hydrogens is 210 g/mol. The number of nitrogens with one attached hydrogen (secondary N) is 1. The van der Waals surface area contributed by atoms with Gasteiger partial charge < -0.3 is 19.5 Å². The van der Waals surface area contributed by atoms with Gasteiger partial charge in [-0.15, -0.1) is 0 Å². The molecule has 0 aliphatic carbocycles. The molecule has 5 heteroatoms. The fourth-order valence-electron chi connectivity index (χ4n) is 1.05. The van der Waals surface area contributed by atoms with Crippen molar-refractivity contribution in [1.29, 1.82) is 0 Å². The largest absolute Gasteiger partial charge is 0.385 e. The Morgan fingerprint density at radius 2 is 1.62 bits per heavy atom. The summed E-state index contributed by atoms with van der Waals surface area (Å²) >= 11 is 0. The average molecular weight is 233 g/mol. The van der Waals surface area contributed by atoms with E-state index in [1.54, 1.807) is 14.2 Å². The van der Waals surface area contributed by atoms with Crippen LogP contribution in [-0.2, 0) is 19.0 Å². The molecule has 0 radical (unpaired) electrons. The van der Waals surface area contributed by atoms with Crippen LogP contribution in [0.25, 0.3) is 0 Å². The number of likely N-dealkylation sites (N-methyl/N-ethyl adjacent to an activating group) is 1. The van der Waals surface area contributed by atoms with Crippen LogP contribution in [0.4, 0.5) is 0 Å². The third-order valence-electron chi connectivity index (χ3n) is 1.98. The highest BCUT2D eigenvalue weighted by molar-refractivity contribution is 5.76. The van der Waals surface area contributed by atoms with Crippen molar-refractivity contribution >= 4 is 5.91 Å². The molecule has 0 saturated carbocycles. The Morgan fingerprint density at radius 1 is 1.00 bits per heavy atom. The van der Waals surface area contributed by atoms with E-state index in [9.17, 15) is 4.79 Å². The van der Waals surface area contributed by atoms with Crippen LogP contribution in [0.1, 0.15) is 19.3 Å². The molecule has 0 aliphatic rings. The lowest BCUT2D eigenvalue weighted by atomic mass is 10.3. The molecule has 5 nitrogen and oxygen atoms in total. The fraction of sp³-hybridized carbons (Fsp3) is 0.909. The van der Waals surface area contributed by atoms with Gasteiger partial charge in [0.15, 0.2) is 0 Å². The van der Waals surface area contributed by atoms with Crippen molar-refractivity contribution in [1.82, 2.24) is 5.32 Å². The highest BCUT2D eigenvalue weighted by Gasteiger charge is 1.96. The van der Waals surface area contributed by atoms with Crippen LogP contribution in [-0.4, -0.2) is 53.1 Å². The SMILES string of the molecule is CNC(=O)COCCCOCCCCOC. The molecule has 0 fully saturated rings. The van der Waals surface area contributed by atoms with Crippen LogP contribution in [0.3, 0.4) is 0 Å². The number of hydrogen-bond donors (Lipinski definition) is 1. The zero-order valence-corrected chi connectivity index (χ0v) is 10.3. The van der Waals surface area contributed by atoms with E-state index in [0.29, 0.717) is 13.2 Å². The van der Waals surface area contributed by atoms with Gasteiger partial charge in [0.05, 0.1) is 0 Å². The summed E-state index contributed by atoms with van der Waals surface area (Å²) in [6, 6.07) is 0. The van der Waals surface area contributed by atoms with E-state index in [-0.39, 0.29) is 12.5 Å². The maximum absolute atomic E-state index is 10.8. The van der Waals surface area contributed by atoms with Gasteiger partial charge in [-0.25, -0.2) is 0 Å². The van der Waals surface area contributed by atoms with Crippen LogP contribution in [0.5, 0.6) is 0 Å². The Hall–Kier alpha value is -0.650. The van der Waals surface area contributed by atoms with Crippen LogP contribution >= 0.6 is 0 Å². The van der Waals surface area contributed by atoms with Gasteiger partial charge >= 0.3 is 0 Å². The number of carbonyl (C=O) groups excluding carboxylic acids is 1. The lowest BCUT2D eigenvalue weighted by molar-refractivity contribution is -0.125. The highest BCUT2D eigenvalue weighted by Crippen LogP contribution is 1.92. The standard InChI is InChI=1S/C11H23NO4/c1-12-11(13)10-16-9-5-8-15-7-4-3-6-14-2/h3-10H2,1-2H3,(H,12,13). The summed E-state index contributed by atoms with van der Waals surface area (Å²) in [5.41, 5.74) is 0.